The van der Waals surface area contributed by atoms with Crippen LogP contribution in [0.3, 0.4) is 0 Å². The van der Waals surface area contributed by atoms with E-state index in [0.717, 1.165) is 32.5 Å². The first kappa shape index (κ1) is 18.2. The molecule has 0 radical (unpaired) electrons. The number of piperazine rings is 1. The first-order chi connectivity index (χ1) is 10.8. The minimum Gasteiger partial charge on any atom is -0.352 e. The number of nitrogens with one attached hydrogen (secondary N) is 2. The lowest BCUT2D eigenvalue weighted by molar-refractivity contribution is -0.124. The van der Waals surface area contributed by atoms with Gasteiger partial charge in [-0.15, -0.1) is 12.4 Å². The van der Waals surface area contributed by atoms with Crippen LogP contribution in [0, 0.1) is 0 Å². The van der Waals surface area contributed by atoms with Crippen LogP contribution in [0.15, 0.2) is 24.5 Å². The fourth-order valence-corrected chi connectivity index (χ4v) is 3.54. The maximum atomic E-state index is 12.4. The molecule has 1 atom stereocenters. The summed E-state index contributed by atoms with van der Waals surface area (Å²) in [4.78, 5) is 18.8. The Bertz CT molecular complexity index is 479. The molecular formula is C17H27ClN4O. The molecule has 2 N–H and O–H groups in total. The smallest absolute Gasteiger partial charge is 0.234 e. The summed E-state index contributed by atoms with van der Waals surface area (Å²) in [5.74, 6) is 0.169. The highest BCUT2D eigenvalue weighted by atomic mass is 35.5. The van der Waals surface area contributed by atoms with E-state index in [2.05, 4.69) is 26.6 Å². The lowest BCUT2D eigenvalue weighted by Gasteiger charge is -2.36. The van der Waals surface area contributed by atoms with Gasteiger partial charge in [0, 0.05) is 44.1 Å². The van der Waals surface area contributed by atoms with Gasteiger partial charge in [0.05, 0.1) is 6.54 Å². The summed E-state index contributed by atoms with van der Waals surface area (Å²) < 4.78 is 0. The molecule has 3 rings (SSSR count). The quantitative estimate of drug-likeness (QED) is 0.880. The van der Waals surface area contributed by atoms with Crippen molar-refractivity contribution in [2.24, 2.45) is 0 Å². The number of rotatable bonds is 4. The average molecular weight is 339 g/mol. The van der Waals surface area contributed by atoms with E-state index in [4.69, 9.17) is 0 Å². The van der Waals surface area contributed by atoms with Gasteiger partial charge < -0.3 is 10.6 Å². The zero-order valence-corrected chi connectivity index (χ0v) is 14.4. The highest BCUT2D eigenvalue weighted by Gasteiger charge is 2.26. The van der Waals surface area contributed by atoms with Crippen molar-refractivity contribution in [2.75, 3.05) is 26.2 Å². The number of aromatic nitrogens is 1. The summed E-state index contributed by atoms with van der Waals surface area (Å²) in [6.45, 7) is 3.20. The number of nitrogens with zero attached hydrogens (tertiary/aromatic N) is 2. The predicted molar refractivity (Wildman–Crippen MR) is 93.7 cm³/mol. The van der Waals surface area contributed by atoms with E-state index >= 15 is 0 Å². The van der Waals surface area contributed by atoms with Crippen molar-refractivity contribution in [3.05, 3.63) is 30.1 Å². The van der Waals surface area contributed by atoms with Gasteiger partial charge in [-0.1, -0.05) is 25.3 Å². The summed E-state index contributed by atoms with van der Waals surface area (Å²) in [5, 5.41) is 6.64. The van der Waals surface area contributed by atoms with Crippen molar-refractivity contribution in [3.8, 4) is 0 Å². The zero-order valence-electron chi connectivity index (χ0n) is 13.5. The number of hydrogen-bond donors (Lipinski definition) is 2. The average Bonchev–Trinajstić information content (AvgIpc) is 2.57. The van der Waals surface area contributed by atoms with Crippen LogP contribution >= 0.6 is 12.4 Å². The molecular weight excluding hydrogens is 312 g/mol. The first-order valence-electron chi connectivity index (χ1n) is 8.47. The number of amides is 1. The zero-order chi connectivity index (χ0) is 15.2. The van der Waals surface area contributed by atoms with Crippen LogP contribution in [0.4, 0.5) is 0 Å². The molecule has 2 heterocycles. The third-order valence-electron chi connectivity index (χ3n) is 4.74. The SMILES string of the molecule is Cl.O=C(CN1CCNCC1c1cccnc1)NC1CCCCC1. The molecule has 128 valence electrons. The molecule has 0 bridgehead atoms. The van der Waals surface area contributed by atoms with E-state index in [-0.39, 0.29) is 24.4 Å². The fourth-order valence-electron chi connectivity index (χ4n) is 3.54. The van der Waals surface area contributed by atoms with Crippen LogP contribution in [0.25, 0.3) is 0 Å². The Kier molecular flexibility index (Phi) is 7.27. The summed E-state index contributed by atoms with van der Waals surface area (Å²) in [6.07, 6.45) is 9.78. The Labute approximate surface area is 144 Å². The molecule has 1 unspecified atom stereocenters. The standard InChI is InChI=1S/C17H26N4O.ClH/c22-17(20-15-6-2-1-3-7-15)13-21-10-9-19-12-16(21)14-5-4-8-18-11-14;/h4-5,8,11,15-16,19H,1-3,6-7,9-10,12-13H2,(H,20,22);1H. The molecule has 1 aromatic heterocycles. The van der Waals surface area contributed by atoms with E-state index in [1.165, 1.54) is 24.8 Å². The molecule has 1 aliphatic heterocycles. The van der Waals surface area contributed by atoms with Gasteiger partial charge in [0.25, 0.3) is 0 Å². The van der Waals surface area contributed by atoms with Gasteiger partial charge in [0.15, 0.2) is 0 Å². The van der Waals surface area contributed by atoms with E-state index in [1.807, 2.05) is 12.3 Å². The third-order valence-corrected chi connectivity index (χ3v) is 4.74. The molecule has 6 heteroatoms. The predicted octanol–water partition coefficient (Wildman–Crippen LogP) is 1.90. The molecule has 1 saturated carbocycles. The Morgan fingerprint density at radius 3 is 2.91 bits per heavy atom. The fraction of sp³-hybridized carbons (Fsp3) is 0.647. The van der Waals surface area contributed by atoms with Crippen molar-refractivity contribution in [2.45, 2.75) is 44.2 Å². The summed E-state index contributed by atoms with van der Waals surface area (Å²) in [7, 11) is 0. The van der Waals surface area contributed by atoms with Crippen LogP contribution in [0.2, 0.25) is 0 Å². The second-order valence-corrected chi connectivity index (χ2v) is 6.38. The van der Waals surface area contributed by atoms with E-state index in [1.54, 1.807) is 6.20 Å². The topological polar surface area (TPSA) is 57.3 Å². The van der Waals surface area contributed by atoms with Gasteiger partial charge >= 0.3 is 0 Å². The summed E-state index contributed by atoms with van der Waals surface area (Å²) >= 11 is 0. The van der Waals surface area contributed by atoms with Crippen molar-refractivity contribution in [1.29, 1.82) is 0 Å². The van der Waals surface area contributed by atoms with Crippen LogP contribution in [0.1, 0.15) is 43.7 Å². The first-order valence-corrected chi connectivity index (χ1v) is 8.47. The monoisotopic (exact) mass is 338 g/mol. The van der Waals surface area contributed by atoms with Crippen molar-refractivity contribution in [1.82, 2.24) is 20.5 Å². The van der Waals surface area contributed by atoms with Gasteiger partial charge in [-0.3, -0.25) is 14.7 Å². The number of halogens is 1. The third kappa shape index (κ3) is 5.16. The molecule has 1 saturated heterocycles. The van der Waals surface area contributed by atoms with Crippen LogP contribution in [-0.4, -0.2) is 48.0 Å². The summed E-state index contributed by atoms with van der Waals surface area (Å²) in [6, 6.07) is 4.68. The van der Waals surface area contributed by atoms with Gasteiger partial charge in [-0.25, -0.2) is 0 Å². The maximum absolute atomic E-state index is 12.4. The van der Waals surface area contributed by atoms with Crippen molar-refractivity contribution < 1.29 is 4.79 Å². The molecule has 2 fully saturated rings. The van der Waals surface area contributed by atoms with Gasteiger partial charge in [-0.05, 0) is 24.5 Å². The van der Waals surface area contributed by atoms with Crippen molar-refractivity contribution in [3.63, 3.8) is 0 Å². The molecule has 0 aromatic carbocycles. The lowest BCUT2D eigenvalue weighted by atomic mass is 9.95. The largest absolute Gasteiger partial charge is 0.352 e. The van der Waals surface area contributed by atoms with Gasteiger partial charge in [0.1, 0.15) is 0 Å². The molecule has 0 spiro atoms. The highest BCUT2D eigenvalue weighted by Crippen LogP contribution is 2.21. The Hall–Kier alpha value is -1.17. The normalized spacial score (nSPS) is 23.0. The summed E-state index contributed by atoms with van der Waals surface area (Å²) in [5.41, 5.74) is 1.18. The van der Waals surface area contributed by atoms with Gasteiger partial charge in [-0.2, -0.15) is 0 Å². The second kappa shape index (κ2) is 9.21. The highest BCUT2D eigenvalue weighted by molar-refractivity contribution is 5.85. The molecule has 23 heavy (non-hydrogen) atoms. The van der Waals surface area contributed by atoms with Crippen LogP contribution < -0.4 is 10.6 Å². The maximum Gasteiger partial charge on any atom is 0.234 e. The molecule has 1 amide bonds. The number of carbonyl (C=O) groups is 1. The Morgan fingerprint density at radius 1 is 1.35 bits per heavy atom. The van der Waals surface area contributed by atoms with Crippen molar-refractivity contribution >= 4 is 18.3 Å². The minimum atomic E-state index is 0. The molecule has 2 aliphatic rings. The molecule has 1 aliphatic carbocycles. The number of hydrogen-bond acceptors (Lipinski definition) is 4. The molecule has 1 aromatic rings. The van der Waals surface area contributed by atoms with E-state index in [0.29, 0.717) is 12.6 Å². The second-order valence-electron chi connectivity index (χ2n) is 6.38. The van der Waals surface area contributed by atoms with Gasteiger partial charge in [0.2, 0.25) is 5.91 Å². The Balaban J connectivity index is 0.00000192. The Morgan fingerprint density at radius 2 is 2.17 bits per heavy atom. The number of carbonyl (C=O) groups excluding carboxylic acids is 1. The van der Waals surface area contributed by atoms with Crippen LogP contribution in [0.5, 0.6) is 0 Å². The minimum absolute atomic E-state index is 0. The van der Waals surface area contributed by atoms with Crippen LogP contribution in [-0.2, 0) is 4.79 Å². The lowest BCUT2D eigenvalue weighted by Crippen LogP contribution is -2.50. The molecule has 5 nitrogen and oxygen atoms in total. The van der Waals surface area contributed by atoms with E-state index < -0.39 is 0 Å². The van der Waals surface area contributed by atoms with E-state index in [9.17, 15) is 4.79 Å². The number of pyridine rings is 1.